The Bertz CT molecular complexity index is 2490. The van der Waals surface area contributed by atoms with Crippen molar-refractivity contribution in [3.8, 4) is 5.75 Å². The van der Waals surface area contributed by atoms with E-state index in [0.29, 0.717) is 5.02 Å². The highest BCUT2D eigenvalue weighted by atomic mass is 35.5. The standard InChI is InChI=1S/C16H16ClNO5S.C14H7Cl5N2O4S4/c1-3-23-16(19)12-6-4-5-7-13(12)18-24(20,21)15-9-8-11(17)10-14(15)22-2;15-6-1-2-7(20-28(22,23)9-4-11(16)26-13(9)18)8(3-6)21-29(24,25)10-5-12(17)27-14(10)19/h4-10,18H,3H2,1-2H3;1-5,20-21H. The first-order valence-corrected chi connectivity index (χ1v) is 22.5. The molecule has 3 N–H and O–H groups in total. The molecule has 3 aromatic carbocycles. The Morgan fingerprint density at radius 3 is 1.64 bits per heavy atom. The molecule has 0 aliphatic carbocycles. The van der Waals surface area contributed by atoms with Gasteiger partial charge in [-0.25, -0.2) is 30.0 Å². The molecule has 284 valence electrons. The Morgan fingerprint density at radius 1 is 0.623 bits per heavy atom. The Balaban J connectivity index is 0.000000241. The molecule has 0 aliphatic rings. The van der Waals surface area contributed by atoms with E-state index in [4.69, 9.17) is 79.1 Å². The maximum atomic E-state index is 12.7. The Hall–Kier alpha value is -2.68. The fourth-order valence-electron chi connectivity index (χ4n) is 4.13. The van der Waals surface area contributed by atoms with Crippen molar-refractivity contribution >= 4 is 145 Å². The molecule has 0 radical (unpaired) electrons. The van der Waals surface area contributed by atoms with Gasteiger partial charge < -0.3 is 9.47 Å². The second kappa shape index (κ2) is 17.8. The fourth-order valence-corrected chi connectivity index (χ4v) is 12.1. The third-order valence-corrected chi connectivity index (χ3v) is 14.5. The first kappa shape index (κ1) is 43.1. The number of nitrogens with one attached hydrogen (secondary N) is 3. The van der Waals surface area contributed by atoms with E-state index in [0.717, 1.165) is 22.7 Å². The van der Waals surface area contributed by atoms with Gasteiger partial charge in [0.05, 0.1) is 45.0 Å². The van der Waals surface area contributed by atoms with Gasteiger partial charge in [0.2, 0.25) is 0 Å². The molecule has 23 heteroatoms. The number of methoxy groups -OCH3 is 1. The van der Waals surface area contributed by atoms with Gasteiger partial charge >= 0.3 is 5.97 Å². The lowest BCUT2D eigenvalue weighted by molar-refractivity contribution is 0.0527. The summed E-state index contributed by atoms with van der Waals surface area (Å²) in [6.45, 7) is 1.86. The second-order valence-corrected chi connectivity index (χ2v) is 20.3. The lowest BCUT2D eigenvalue weighted by Crippen LogP contribution is -2.17. The number of carbonyl (C=O) groups is 1. The van der Waals surface area contributed by atoms with Gasteiger partial charge in [-0.3, -0.25) is 14.2 Å². The predicted molar refractivity (Wildman–Crippen MR) is 213 cm³/mol. The van der Waals surface area contributed by atoms with Crippen LogP contribution >= 0.6 is 92.3 Å². The average Bonchev–Trinajstić information content (AvgIpc) is 3.61. The van der Waals surface area contributed by atoms with Crippen molar-refractivity contribution in [2.45, 2.75) is 21.6 Å². The Morgan fingerprint density at radius 2 is 1.11 bits per heavy atom. The van der Waals surface area contributed by atoms with Crippen LogP contribution in [0.5, 0.6) is 5.75 Å². The van der Waals surface area contributed by atoms with Crippen molar-refractivity contribution < 1.29 is 39.5 Å². The van der Waals surface area contributed by atoms with Crippen LogP contribution in [0.4, 0.5) is 17.1 Å². The highest BCUT2D eigenvalue weighted by molar-refractivity contribution is 7.93. The summed E-state index contributed by atoms with van der Waals surface area (Å²) in [5.41, 5.74) is 0.0227. The van der Waals surface area contributed by atoms with Crippen LogP contribution in [0, 0.1) is 0 Å². The monoisotopic (exact) mass is 939 g/mol. The number of esters is 1. The van der Waals surface area contributed by atoms with Gasteiger partial charge in [0.25, 0.3) is 30.1 Å². The number of sulfonamides is 3. The summed E-state index contributed by atoms with van der Waals surface area (Å²) in [7, 11) is -11.0. The topological polar surface area (TPSA) is 174 Å². The lowest BCUT2D eigenvalue weighted by atomic mass is 10.2. The number of ether oxygens (including phenoxy) is 2. The molecule has 0 spiro atoms. The molecule has 0 amide bonds. The highest BCUT2D eigenvalue weighted by Gasteiger charge is 2.26. The summed E-state index contributed by atoms with van der Waals surface area (Å²) in [5.74, 6) is -0.512. The molecule has 2 heterocycles. The largest absolute Gasteiger partial charge is 0.495 e. The molecular weight excluding hydrogens is 919 g/mol. The van der Waals surface area contributed by atoms with Crippen LogP contribution in [-0.2, 0) is 34.8 Å². The number of thiophene rings is 2. The second-order valence-electron chi connectivity index (χ2n) is 9.94. The van der Waals surface area contributed by atoms with Crippen LogP contribution in [0.25, 0.3) is 0 Å². The zero-order valence-corrected chi connectivity index (χ0v) is 35.2. The van der Waals surface area contributed by atoms with E-state index >= 15 is 0 Å². The van der Waals surface area contributed by atoms with Crippen LogP contribution < -0.4 is 18.9 Å². The van der Waals surface area contributed by atoms with Gasteiger partial charge in [-0.05, 0) is 61.5 Å². The molecule has 5 rings (SSSR count). The van der Waals surface area contributed by atoms with Crippen LogP contribution in [0.3, 0.4) is 0 Å². The number of hydrogen-bond donors (Lipinski definition) is 3. The summed E-state index contributed by atoms with van der Waals surface area (Å²) in [4.78, 5) is 11.4. The molecular formula is C30H23Cl6N3O9S5. The smallest absolute Gasteiger partial charge is 0.340 e. The quantitative estimate of drug-likeness (QED) is 0.103. The van der Waals surface area contributed by atoms with Crippen molar-refractivity contribution in [1.29, 1.82) is 0 Å². The van der Waals surface area contributed by atoms with Gasteiger partial charge in [0.1, 0.15) is 29.1 Å². The zero-order chi connectivity index (χ0) is 39.3. The van der Waals surface area contributed by atoms with Crippen molar-refractivity contribution in [3.63, 3.8) is 0 Å². The molecule has 0 fully saturated rings. The van der Waals surface area contributed by atoms with E-state index in [1.807, 2.05) is 0 Å². The lowest BCUT2D eigenvalue weighted by Gasteiger charge is -2.14. The number of benzene rings is 3. The normalized spacial score (nSPS) is 11.6. The van der Waals surface area contributed by atoms with E-state index in [1.54, 1.807) is 19.1 Å². The number of para-hydroxylation sites is 1. The summed E-state index contributed by atoms with van der Waals surface area (Å²) >= 11 is 37.0. The minimum atomic E-state index is -4.18. The number of rotatable bonds is 12. The minimum absolute atomic E-state index is 0.0432. The molecule has 0 atom stereocenters. The number of carbonyl (C=O) groups excluding carboxylic acids is 1. The summed E-state index contributed by atoms with van der Waals surface area (Å²) < 4.78 is 93.2. The van der Waals surface area contributed by atoms with Crippen LogP contribution in [0.1, 0.15) is 17.3 Å². The van der Waals surface area contributed by atoms with E-state index in [2.05, 4.69) is 14.2 Å². The molecule has 0 bridgehead atoms. The van der Waals surface area contributed by atoms with Crippen LogP contribution in [-0.4, -0.2) is 44.9 Å². The number of halogens is 6. The summed E-state index contributed by atoms with van der Waals surface area (Å²) in [6.07, 6.45) is 0. The van der Waals surface area contributed by atoms with E-state index in [9.17, 15) is 30.0 Å². The summed E-state index contributed by atoms with van der Waals surface area (Å²) in [6, 6.07) is 16.6. The third-order valence-electron chi connectivity index (χ3n) is 6.38. The van der Waals surface area contributed by atoms with Crippen molar-refractivity contribution in [2.24, 2.45) is 0 Å². The van der Waals surface area contributed by atoms with Gasteiger partial charge in [0.15, 0.2) is 0 Å². The Labute approximate surface area is 343 Å². The Kier molecular flexibility index (Phi) is 14.5. The molecule has 0 saturated carbocycles. The third kappa shape index (κ3) is 11.0. The molecule has 0 aliphatic heterocycles. The molecule has 0 unspecified atom stereocenters. The zero-order valence-electron chi connectivity index (χ0n) is 26.6. The molecule has 5 aromatic rings. The maximum absolute atomic E-state index is 12.7. The van der Waals surface area contributed by atoms with Gasteiger partial charge in [-0.1, -0.05) is 81.7 Å². The average molecular weight is 943 g/mol. The van der Waals surface area contributed by atoms with E-state index in [1.165, 1.54) is 67.8 Å². The van der Waals surface area contributed by atoms with E-state index in [-0.39, 0.29) is 72.0 Å². The minimum Gasteiger partial charge on any atom is -0.495 e. The van der Waals surface area contributed by atoms with Crippen molar-refractivity contribution in [2.75, 3.05) is 27.9 Å². The molecule has 0 saturated heterocycles. The maximum Gasteiger partial charge on any atom is 0.340 e. The molecule has 2 aromatic heterocycles. The highest BCUT2D eigenvalue weighted by Crippen LogP contribution is 2.39. The molecule has 53 heavy (non-hydrogen) atoms. The first-order chi connectivity index (χ1) is 24.8. The van der Waals surface area contributed by atoms with Gasteiger partial charge in [0, 0.05) is 16.1 Å². The fraction of sp³-hybridized carbons (Fsp3) is 0.100. The van der Waals surface area contributed by atoms with E-state index < -0.39 is 36.0 Å². The van der Waals surface area contributed by atoms with Crippen LogP contribution in [0.15, 0.2) is 87.5 Å². The van der Waals surface area contributed by atoms with Gasteiger partial charge in [-0.15, -0.1) is 22.7 Å². The van der Waals surface area contributed by atoms with Crippen molar-refractivity contribution in [1.82, 2.24) is 0 Å². The number of anilines is 3. The SMILES string of the molecule is CCOC(=O)c1ccccc1NS(=O)(=O)c1ccc(Cl)cc1OC.O=S(=O)(Nc1ccc(Cl)cc1NS(=O)(=O)c1cc(Cl)sc1Cl)c1cc(Cl)sc1Cl. The van der Waals surface area contributed by atoms with Gasteiger partial charge in [-0.2, -0.15) is 0 Å². The molecule has 12 nitrogen and oxygen atoms in total. The summed E-state index contributed by atoms with van der Waals surface area (Å²) in [5, 5.41) is 0.509. The van der Waals surface area contributed by atoms with Crippen molar-refractivity contribution in [3.05, 3.63) is 106 Å². The predicted octanol–water partition coefficient (Wildman–Crippen LogP) is 10.0. The first-order valence-electron chi connectivity index (χ1n) is 14.1. The van der Waals surface area contributed by atoms with Crippen LogP contribution in [0.2, 0.25) is 27.4 Å². The number of hydrogen-bond acceptors (Lipinski definition) is 11.